The Morgan fingerprint density at radius 1 is 1.05 bits per heavy atom. The molecule has 3 rings (SSSR count). The van der Waals surface area contributed by atoms with Crippen molar-refractivity contribution in [3.8, 4) is 5.75 Å². The average Bonchev–Trinajstić information content (AvgIpc) is 3.22. The summed E-state index contributed by atoms with van der Waals surface area (Å²) in [6, 6.07) is 15.3. The SMILES string of the molecule is C[Si](C)(C)CCOC(=O)NC(Cc1c[nH]c2cc(OCc3ccccc3)ccc12)C(=O)OCC(Cl)(Cl)Cl. The van der Waals surface area contributed by atoms with Crippen LogP contribution in [-0.2, 0) is 27.3 Å². The first-order valence-corrected chi connectivity index (χ1v) is 16.7. The molecule has 0 saturated carbocycles. The fourth-order valence-corrected chi connectivity index (χ4v) is 4.34. The lowest BCUT2D eigenvalue weighted by molar-refractivity contribution is -0.145. The van der Waals surface area contributed by atoms with E-state index in [4.69, 9.17) is 49.0 Å². The van der Waals surface area contributed by atoms with Crippen LogP contribution in [0.25, 0.3) is 10.9 Å². The lowest BCUT2D eigenvalue weighted by atomic mass is 10.0. The molecule has 0 aliphatic rings. The molecule has 1 heterocycles. The predicted octanol–water partition coefficient (Wildman–Crippen LogP) is 6.64. The van der Waals surface area contributed by atoms with Gasteiger partial charge in [-0.25, -0.2) is 9.59 Å². The number of nitrogens with one attached hydrogen (secondary N) is 2. The van der Waals surface area contributed by atoms with Crippen molar-refractivity contribution in [1.29, 1.82) is 0 Å². The zero-order valence-electron chi connectivity index (χ0n) is 21.0. The minimum absolute atomic E-state index is 0.145. The first kappa shape index (κ1) is 29.2. The number of carbonyl (C=O) groups excluding carboxylic acids is 2. The Bertz CT molecular complexity index is 1190. The zero-order valence-corrected chi connectivity index (χ0v) is 24.3. The highest BCUT2D eigenvalue weighted by Gasteiger charge is 2.29. The van der Waals surface area contributed by atoms with E-state index in [0.29, 0.717) is 12.4 Å². The monoisotopic (exact) mass is 584 g/mol. The van der Waals surface area contributed by atoms with Gasteiger partial charge in [0.05, 0.1) is 6.61 Å². The third-order valence-corrected chi connectivity index (χ3v) is 7.48. The second kappa shape index (κ2) is 12.9. The number of hydrogen-bond acceptors (Lipinski definition) is 5. The van der Waals surface area contributed by atoms with Crippen LogP contribution in [-0.4, -0.2) is 48.2 Å². The van der Waals surface area contributed by atoms with E-state index in [1.807, 2.05) is 48.5 Å². The summed E-state index contributed by atoms with van der Waals surface area (Å²) in [4.78, 5) is 28.4. The maximum Gasteiger partial charge on any atom is 0.407 e. The molecule has 1 amide bonds. The van der Waals surface area contributed by atoms with Crippen molar-refractivity contribution in [2.24, 2.45) is 0 Å². The number of benzene rings is 2. The Balaban J connectivity index is 1.70. The zero-order chi connectivity index (χ0) is 27.1. The first-order valence-electron chi connectivity index (χ1n) is 11.8. The number of ether oxygens (including phenoxy) is 3. The predicted molar refractivity (Wildman–Crippen MR) is 150 cm³/mol. The van der Waals surface area contributed by atoms with Crippen LogP contribution in [0, 0.1) is 0 Å². The van der Waals surface area contributed by atoms with Gasteiger partial charge in [-0.2, -0.15) is 0 Å². The molecule has 2 N–H and O–H groups in total. The molecule has 3 aromatic rings. The second-order valence-electron chi connectivity index (χ2n) is 9.87. The topological polar surface area (TPSA) is 89.6 Å². The number of alkyl halides is 3. The van der Waals surface area contributed by atoms with Gasteiger partial charge in [0.15, 0.2) is 0 Å². The number of esters is 1. The molecule has 1 aromatic heterocycles. The molecule has 0 spiro atoms. The number of amides is 1. The maximum atomic E-state index is 12.8. The number of hydrogen-bond donors (Lipinski definition) is 2. The summed E-state index contributed by atoms with van der Waals surface area (Å²) in [6.07, 6.45) is 1.22. The largest absolute Gasteiger partial charge is 0.489 e. The summed E-state index contributed by atoms with van der Waals surface area (Å²) in [5.74, 6) is -0.0295. The van der Waals surface area contributed by atoms with Crippen LogP contribution in [0.3, 0.4) is 0 Å². The summed E-state index contributed by atoms with van der Waals surface area (Å²) in [5.41, 5.74) is 2.68. The van der Waals surface area contributed by atoms with Crippen LogP contribution in [0.5, 0.6) is 5.75 Å². The van der Waals surface area contributed by atoms with Crippen LogP contribution in [0.4, 0.5) is 4.79 Å². The summed E-state index contributed by atoms with van der Waals surface area (Å²) in [6.45, 7) is 6.81. The van der Waals surface area contributed by atoms with Gasteiger partial charge in [-0.1, -0.05) is 84.8 Å². The number of halogens is 3. The van der Waals surface area contributed by atoms with Crippen molar-refractivity contribution in [2.45, 2.75) is 48.5 Å². The Kier molecular flexibility index (Phi) is 10.2. The second-order valence-corrected chi connectivity index (χ2v) is 18.0. The lowest BCUT2D eigenvalue weighted by Crippen LogP contribution is -2.44. The third kappa shape index (κ3) is 10.1. The Labute approximate surface area is 232 Å². The van der Waals surface area contributed by atoms with Crippen LogP contribution < -0.4 is 10.1 Å². The van der Waals surface area contributed by atoms with E-state index < -0.39 is 36.6 Å². The number of rotatable bonds is 11. The summed E-state index contributed by atoms with van der Waals surface area (Å²) in [5, 5.41) is 3.48. The molecule has 1 atom stereocenters. The van der Waals surface area contributed by atoms with E-state index in [-0.39, 0.29) is 13.0 Å². The van der Waals surface area contributed by atoms with E-state index >= 15 is 0 Å². The highest BCUT2D eigenvalue weighted by atomic mass is 35.6. The van der Waals surface area contributed by atoms with Crippen molar-refractivity contribution in [1.82, 2.24) is 10.3 Å². The van der Waals surface area contributed by atoms with Crippen LogP contribution in [0.15, 0.2) is 54.7 Å². The standard InChI is InChI=1S/C26H31Cl3N2O5Si/c1-37(2,3)12-11-34-25(33)31-23(24(32)36-17-26(27,28)29)13-19-15-30-22-14-20(9-10-21(19)22)35-16-18-7-5-4-6-8-18/h4-10,14-15,23,30H,11-13,16-17H2,1-3H3,(H,31,33). The molecule has 1 unspecified atom stereocenters. The molecule has 0 saturated heterocycles. The van der Waals surface area contributed by atoms with Gasteiger partial charge in [0, 0.05) is 37.7 Å². The molecule has 200 valence electrons. The highest BCUT2D eigenvalue weighted by molar-refractivity contribution is 6.76. The first-order chi connectivity index (χ1) is 17.4. The Hall–Kier alpha value is -2.39. The number of aromatic amines is 1. The van der Waals surface area contributed by atoms with Gasteiger partial charge in [-0.15, -0.1) is 0 Å². The molecular formula is C26H31Cl3N2O5Si. The number of alkyl carbamates (subject to hydrolysis) is 1. The molecule has 0 bridgehead atoms. The van der Waals surface area contributed by atoms with Crippen molar-refractivity contribution in [2.75, 3.05) is 13.2 Å². The van der Waals surface area contributed by atoms with E-state index in [0.717, 1.165) is 28.1 Å². The average molecular weight is 586 g/mol. The number of H-pyrrole nitrogens is 1. The number of fused-ring (bicyclic) bond motifs is 1. The Morgan fingerprint density at radius 2 is 1.78 bits per heavy atom. The van der Waals surface area contributed by atoms with E-state index in [1.54, 1.807) is 6.20 Å². The Morgan fingerprint density at radius 3 is 2.46 bits per heavy atom. The van der Waals surface area contributed by atoms with Gasteiger partial charge in [0.1, 0.15) is 25.0 Å². The molecule has 2 aromatic carbocycles. The molecule has 0 aliphatic carbocycles. The maximum absolute atomic E-state index is 12.8. The summed E-state index contributed by atoms with van der Waals surface area (Å²) in [7, 11) is -1.39. The number of aromatic nitrogens is 1. The summed E-state index contributed by atoms with van der Waals surface area (Å²) >= 11 is 17.2. The minimum atomic E-state index is -1.77. The quantitative estimate of drug-likeness (QED) is 0.150. The number of carbonyl (C=O) groups is 2. The van der Waals surface area contributed by atoms with Gasteiger partial charge in [0.2, 0.25) is 3.79 Å². The fraction of sp³-hybridized carbons (Fsp3) is 0.385. The summed E-state index contributed by atoms with van der Waals surface area (Å²) < 4.78 is 14.6. The normalized spacial score (nSPS) is 12.7. The molecule has 0 radical (unpaired) electrons. The van der Waals surface area contributed by atoms with Crippen LogP contribution in [0.1, 0.15) is 11.1 Å². The van der Waals surface area contributed by atoms with E-state index in [2.05, 4.69) is 29.9 Å². The minimum Gasteiger partial charge on any atom is -0.489 e. The molecule has 0 aliphatic heterocycles. The molecule has 0 fully saturated rings. The highest BCUT2D eigenvalue weighted by Crippen LogP contribution is 2.27. The van der Waals surface area contributed by atoms with Gasteiger partial charge < -0.3 is 24.5 Å². The van der Waals surface area contributed by atoms with Crippen molar-refractivity contribution in [3.63, 3.8) is 0 Å². The molecule has 37 heavy (non-hydrogen) atoms. The van der Waals surface area contributed by atoms with Crippen molar-refractivity contribution >= 4 is 65.8 Å². The van der Waals surface area contributed by atoms with E-state index in [9.17, 15) is 9.59 Å². The molecule has 7 nitrogen and oxygen atoms in total. The fourth-order valence-electron chi connectivity index (χ4n) is 3.47. The molecular weight excluding hydrogens is 555 g/mol. The lowest BCUT2D eigenvalue weighted by Gasteiger charge is -2.20. The van der Waals surface area contributed by atoms with Crippen LogP contribution in [0.2, 0.25) is 25.7 Å². The third-order valence-electron chi connectivity index (χ3n) is 5.45. The van der Waals surface area contributed by atoms with E-state index in [1.165, 1.54) is 0 Å². The smallest absolute Gasteiger partial charge is 0.407 e. The van der Waals surface area contributed by atoms with Crippen molar-refractivity contribution < 1.29 is 23.8 Å². The molecule has 11 heteroatoms. The van der Waals surface area contributed by atoms with Crippen molar-refractivity contribution in [3.05, 3.63) is 65.9 Å². The van der Waals surface area contributed by atoms with Gasteiger partial charge in [-0.05, 0) is 29.3 Å². The van der Waals surface area contributed by atoms with Crippen LogP contribution >= 0.6 is 34.8 Å². The van der Waals surface area contributed by atoms with Gasteiger partial charge in [-0.3, -0.25) is 0 Å². The van der Waals surface area contributed by atoms with Gasteiger partial charge in [0.25, 0.3) is 0 Å². The van der Waals surface area contributed by atoms with Gasteiger partial charge >= 0.3 is 12.1 Å².